The van der Waals surface area contributed by atoms with Crippen molar-refractivity contribution in [2.75, 3.05) is 24.6 Å². The van der Waals surface area contributed by atoms with E-state index in [4.69, 9.17) is 15.9 Å². The number of nitrogens with two attached hydrogens (primary N) is 1. The van der Waals surface area contributed by atoms with Crippen LogP contribution in [-0.2, 0) is 4.74 Å². The van der Waals surface area contributed by atoms with Gasteiger partial charge in [-0.15, -0.1) is 0 Å². The average Bonchev–Trinajstić information content (AvgIpc) is 2.39. The number of nitrogen functional groups attached to an aromatic ring is 1. The first-order valence-corrected chi connectivity index (χ1v) is 7.41. The van der Waals surface area contributed by atoms with Gasteiger partial charge in [0, 0.05) is 35.4 Å². The van der Waals surface area contributed by atoms with Crippen LogP contribution in [0.2, 0.25) is 0 Å². The zero-order valence-electron chi connectivity index (χ0n) is 11.2. The minimum absolute atomic E-state index is 0.0912. The molecule has 1 saturated heterocycles. The predicted octanol–water partition coefficient (Wildman–Crippen LogP) is 2.74. The van der Waals surface area contributed by atoms with Gasteiger partial charge in [-0.2, -0.15) is 0 Å². The number of piperidine rings is 1. The van der Waals surface area contributed by atoms with Crippen LogP contribution in [0.3, 0.4) is 0 Å². The Kier molecular flexibility index (Phi) is 4.82. The average molecular weight is 326 g/mol. The molecule has 1 aromatic rings. The zero-order chi connectivity index (χ0) is 13.8. The third-order valence-electron chi connectivity index (χ3n) is 3.45. The van der Waals surface area contributed by atoms with Crippen LogP contribution < -0.4 is 10.6 Å². The van der Waals surface area contributed by atoms with Gasteiger partial charge in [-0.3, -0.25) is 5.41 Å². The highest BCUT2D eigenvalue weighted by atomic mass is 79.9. The molecule has 0 aliphatic carbocycles. The van der Waals surface area contributed by atoms with E-state index in [0.29, 0.717) is 6.10 Å². The van der Waals surface area contributed by atoms with Crippen LogP contribution in [-0.4, -0.2) is 31.6 Å². The molecule has 1 heterocycles. The van der Waals surface area contributed by atoms with Gasteiger partial charge in [-0.25, -0.2) is 0 Å². The maximum atomic E-state index is 7.48. The van der Waals surface area contributed by atoms with Gasteiger partial charge in [0.15, 0.2) is 0 Å². The van der Waals surface area contributed by atoms with E-state index in [-0.39, 0.29) is 5.84 Å². The van der Waals surface area contributed by atoms with Gasteiger partial charge in [0.25, 0.3) is 0 Å². The molecule has 0 saturated carbocycles. The van der Waals surface area contributed by atoms with E-state index in [9.17, 15) is 0 Å². The van der Waals surface area contributed by atoms with Crippen LogP contribution in [0, 0.1) is 5.41 Å². The van der Waals surface area contributed by atoms with Crippen molar-refractivity contribution in [1.82, 2.24) is 0 Å². The van der Waals surface area contributed by atoms with Crippen molar-refractivity contribution in [1.29, 1.82) is 5.41 Å². The number of nitrogens with zero attached hydrogens (tertiary/aromatic N) is 1. The summed E-state index contributed by atoms with van der Waals surface area (Å²) in [6.45, 7) is 4.86. The lowest BCUT2D eigenvalue weighted by Gasteiger charge is -2.33. The number of hydrogen-bond acceptors (Lipinski definition) is 3. The number of amidine groups is 1. The molecular weight excluding hydrogens is 306 g/mol. The molecule has 4 nitrogen and oxygen atoms in total. The molecule has 2 rings (SSSR count). The normalized spacial score (nSPS) is 16.6. The quantitative estimate of drug-likeness (QED) is 0.661. The molecule has 0 spiro atoms. The number of hydrogen-bond donors (Lipinski definition) is 2. The standard InChI is InChI=1S/C14H20BrN3O/c1-2-19-11-5-7-18(8-6-11)10-3-4-12(14(16)17)13(15)9-10/h3-4,9,11H,2,5-8H2,1H3,(H3,16,17). The molecule has 1 aliphatic heterocycles. The maximum absolute atomic E-state index is 7.48. The van der Waals surface area contributed by atoms with Gasteiger partial charge in [-0.1, -0.05) is 0 Å². The molecule has 1 aliphatic rings. The van der Waals surface area contributed by atoms with Gasteiger partial charge >= 0.3 is 0 Å². The molecule has 3 N–H and O–H groups in total. The highest BCUT2D eigenvalue weighted by molar-refractivity contribution is 9.10. The zero-order valence-corrected chi connectivity index (χ0v) is 12.7. The topological polar surface area (TPSA) is 62.3 Å². The van der Waals surface area contributed by atoms with Crippen LogP contribution in [0.15, 0.2) is 22.7 Å². The van der Waals surface area contributed by atoms with Gasteiger partial charge in [0.05, 0.1) is 6.10 Å². The summed E-state index contributed by atoms with van der Waals surface area (Å²) in [4.78, 5) is 2.35. The third kappa shape index (κ3) is 3.48. The summed E-state index contributed by atoms with van der Waals surface area (Å²) in [5.41, 5.74) is 7.43. The first-order chi connectivity index (χ1) is 9.11. The monoisotopic (exact) mass is 325 g/mol. The van der Waals surface area contributed by atoms with E-state index >= 15 is 0 Å². The number of rotatable bonds is 4. The second-order valence-corrected chi connectivity index (χ2v) is 5.57. The molecular formula is C14H20BrN3O. The minimum Gasteiger partial charge on any atom is -0.384 e. The lowest BCUT2D eigenvalue weighted by atomic mass is 10.1. The molecule has 0 radical (unpaired) electrons. The highest BCUT2D eigenvalue weighted by Crippen LogP contribution is 2.26. The largest absolute Gasteiger partial charge is 0.384 e. The summed E-state index contributed by atoms with van der Waals surface area (Å²) in [7, 11) is 0. The Morgan fingerprint density at radius 3 is 2.68 bits per heavy atom. The SMILES string of the molecule is CCOC1CCN(c2ccc(C(=N)N)c(Br)c2)CC1. The molecule has 0 atom stereocenters. The van der Waals surface area contributed by atoms with E-state index in [0.717, 1.165) is 42.6 Å². The number of anilines is 1. The van der Waals surface area contributed by atoms with Crippen molar-refractivity contribution >= 4 is 27.5 Å². The van der Waals surface area contributed by atoms with Crippen molar-refractivity contribution in [3.8, 4) is 0 Å². The van der Waals surface area contributed by atoms with Gasteiger partial charge < -0.3 is 15.4 Å². The summed E-state index contributed by atoms with van der Waals surface area (Å²) < 4.78 is 6.54. The summed E-state index contributed by atoms with van der Waals surface area (Å²) >= 11 is 3.48. The lowest BCUT2D eigenvalue weighted by molar-refractivity contribution is 0.0459. The fourth-order valence-corrected chi connectivity index (χ4v) is 3.02. The Bertz CT molecular complexity index is 456. The highest BCUT2D eigenvalue weighted by Gasteiger charge is 2.20. The predicted molar refractivity (Wildman–Crippen MR) is 82.0 cm³/mol. The summed E-state index contributed by atoms with van der Waals surface area (Å²) in [5, 5.41) is 7.48. The summed E-state index contributed by atoms with van der Waals surface area (Å²) in [5.74, 6) is 0.0912. The van der Waals surface area contributed by atoms with E-state index in [1.54, 1.807) is 0 Å². The number of nitrogens with one attached hydrogen (secondary N) is 1. The Balaban J connectivity index is 2.04. The van der Waals surface area contributed by atoms with Crippen LogP contribution in [0.25, 0.3) is 0 Å². The van der Waals surface area contributed by atoms with E-state index in [1.807, 2.05) is 25.1 Å². The first-order valence-electron chi connectivity index (χ1n) is 6.62. The molecule has 0 bridgehead atoms. The Hall–Kier alpha value is -1.07. The van der Waals surface area contributed by atoms with Crippen LogP contribution in [0.1, 0.15) is 25.3 Å². The Labute approximate surface area is 122 Å². The smallest absolute Gasteiger partial charge is 0.123 e. The van der Waals surface area contributed by atoms with E-state index in [1.165, 1.54) is 5.69 Å². The lowest BCUT2D eigenvalue weighted by Crippen LogP contribution is -2.37. The van der Waals surface area contributed by atoms with Crippen molar-refractivity contribution in [3.05, 3.63) is 28.2 Å². The van der Waals surface area contributed by atoms with Gasteiger partial charge in [0.2, 0.25) is 0 Å². The second-order valence-electron chi connectivity index (χ2n) is 4.72. The van der Waals surface area contributed by atoms with Crippen molar-refractivity contribution in [2.45, 2.75) is 25.9 Å². The molecule has 0 amide bonds. The molecule has 5 heteroatoms. The number of benzene rings is 1. The van der Waals surface area contributed by atoms with Crippen molar-refractivity contribution < 1.29 is 4.74 Å². The summed E-state index contributed by atoms with van der Waals surface area (Å²) in [6.07, 6.45) is 2.54. The van der Waals surface area contributed by atoms with E-state index in [2.05, 4.69) is 20.8 Å². The van der Waals surface area contributed by atoms with Crippen LogP contribution in [0.4, 0.5) is 5.69 Å². The van der Waals surface area contributed by atoms with Gasteiger partial charge in [0.1, 0.15) is 5.84 Å². The minimum atomic E-state index is 0.0912. The molecule has 0 aromatic heterocycles. The van der Waals surface area contributed by atoms with Crippen LogP contribution in [0.5, 0.6) is 0 Å². The summed E-state index contributed by atoms with van der Waals surface area (Å²) in [6, 6.07) is 5.97. The maximum Gasteiger partial charge on any atom is 0.123 e. The fraction of sp³-hybridized carbons (Fsp3) is 0.500. The Morgan fingerprint density at radius 1 is 1.47 bits per heavy atom. The molecule has 1 aromatic carbocycles. The molecule has 1 fully saturated rings. The molecule has 104 valence electrons. The second kappa shape index (κ2) is 6.39. The van der Waals surface area contributed by atoms with Gasteiger partial charge in [-0.05, 0) is 53.9 Å². The molecule has 19 heavy (non-hydrogen) atoms. The Morgan fingerprint density at radius 2 is 2.16 bits per heavy atom. The third-order valence-corrected chi connectivity index (χ3v) is 4.11. The van der Waals surface area contributed by atoms with Crippen LogP contribution >= 0.6 is 15.9 Å². The number of ether oxygens (including phenoxy) is 1. The van der Waals surface area contributed by atoms with Crippen molar-refractivity contribution in [2.24, 2.45) is 5.73 Å². The van der Waals surface area contributed by atoms with E-state index < -0.39 is 0 Å². The number of halogens is 1. The first kappa shape index (κ1) is 14.3. The van der Waals surface area contributed by atoms with Crippen molar-refractivity contribution in [3.63, 3.8) is 0 Å². The fourth-order valence-electron chi connectivity index (χ4n) is 2.44. The molecule has 0 unspecified atom stereocenters.